The Morgan fingerprint density at radius 3 is 3.12 bits per heavy atom. The van der Waals surface area contributed by atoms with Gasteiger partial charge in [0.15, 0.2) is 0 Å². The first-order chi connectivity index (χ1) is 7.75. The van der Waals surface area contributed by atoms with Crippen molar-refractivity contribution in [1.82, 2.24) is 5.32 Å². The second-order valence-corrected chi connectivity index (χ2v) is 4.00. The summed E-state index contributed by atoms with van der Waals surface area (Å²) in [6, 6.07) is 7.40. The van der Waals surface area contributed by atoms with Crippen LogP contribution in [0.2, 0.25) is 0 Å². The molecule has 1 amide bonds. The number of ether oxygens (including phenoxy) is 1. The minimum atomic E-state index is -0.426. The van der Waals surface area contributed by atoms with E-state index in [2.05, 4.69) is 5.32 Å². The zero-order chi connectivity index (χ0) is 11.4. The van der Waals surface area contributed by atoms with Gasteiger partial charge in [-0.3, -0.25) is 4.79 Å². The molecule has 0 saturated carbocycles. The van der Waals surface area contributed by atoms with E-state index < -0.39 is 5.91 Å². The Morgan fingerprint density at radius 2 is 2.44 bits per heavy atom. The molecule has 2 rings (SSSR count). The lowest BCUT2D eigenvalue weighted by Gasteiger charge is -2.12. The van der Waals surface area contributed by atoms with Crippen LogP contribution in [0.1, 0.15) is 23.2 Å². The van der Waals surface area contributed by atoms with Crippen LogP contribution in [0, 0.1) is 0 Å². The molecule has 4 nitrogen and oxygen atoms in total. The highest BCUT2D eigenvalue weighted by Gasteiger charge is 2.14. The van der Waals surface area contributed by atoms with Gasteiger partial charge in [-0.2, -0.15) is 0 Å². The van der Waals surface area contributed by atoms with Crippen molar-refractivity contribution in [3.05, 3.63) is 29.8 Å². The number of benzene rings is 1. The molecule has 1 atom stereocenters. The third-order valence-corrected chi connectivity index (χ3v) is 2.73. The largest absolute Gasteiger partial charge is 0.492 e. The van der Waals surface area contributed by atoms with E-state index in [0.29, 0.717) is 24.0 Å². The van der Waals surface area contributed by atoms with Crippen LogP contribution >= 0.6 is 0 Å². The van der Waals surface area contributed by atoms with Crippen molar-refractivity contribution in [2.24, 2.45) is 5.73 Å². The number of hydrogen-bond acceptors (Lipinski definition) is 3. The van der Waals surface area contributed by atoms with Crippen LogP contribution in [0.3, 0.4) is 0 Å². The zero-order valence-corrected chi connectivity index (χ0v) is 9.11. The van der Waals surface area contributed by atoms with Gasteiger partial charge in [-0.25, -0.2) is 0 Å². The molecule has 1 heterocycles. The smallest absolute Gasteiger partial charge is 0.248 e. The molecule has 1 unspecified atom stereocenters. The van der Waals surface area contributed by atoms with E-state index in [4.69, 9.17) is 10.5 Å². The molecule has 4 heteroatoms. The van der Waals surface area contributed by atoms with E-state index in [1.54, 1.807) is 18.2 Å². The Bertz CT molecular complexity index is 373. The van der Waals surface area contributed by atoms with E-state index in [1.807, 2.05) is 6.07 Å². The normalized spacial score (nSPS) is 19.6. The fraction of sp³-hybridized carbons (Fsp3) is 0.417. The molecule has 3 N–H and O–H groups in total. The molecule has 0 radical (unpaired) electrons. The predicted octanol–water partition coefficient (Wildman–Crippen LogP) is 0.916. The Balaban J connectivity index is 1.93. The first-order valence-corrected chi connectivity index (χ1v) is 5.52. The van der Waals surface area contributed by atoms with Gasteiger partial charge in [0.2, 0.25) is 5.91 Å². The summed E-state index contributed by atoms with van der Waals surface area (Å²) in [4.78, 5) is 11.0. The molecule has 1 saturated heterocycles. The summed E-state index contributed by atoms with van der Waals surface area (Å²) < 4.78 is 5.61. The van der Waals surface area contributed by atoms with Crippen molar-refractivity contribution >= 4 is 5.91 Å². The molecule has 1 aliphatic heterocycles. The number of hydrogen-bond donors (Lipinski definition) is 2. The van der Waals surface area contributed by atoms with Gasteiger partial charge >= 0.3 is 0 Å². The minimum Gasteiger partial charge on any atom is -0.492 e. The number of carbonyl (C=O) groups excluding carboxylic acids is 1. The third-order valence-electron chi connectivity index (χ3n) is 2.73. The summed E-state index contributed by atoms with van der Waals surface area (Å²) in [6.45, 7) is 1.71. The van der Waals surface area contributed by atoms with E-state index in [9.17, 15) is 4.79 Å². The van der Waals surface area contributed by atoms with Crippen LogP contribution in [0.25, 0.3) is 0 Å². The van der Waals surface area contributed by atoms with Gasteiger partial charge in [-0.1, -0.05) is 6.07 Å². The van der Waals surface area contributed by atoms with Crippen molar-refractivity contribution in [2.75, 3.05) is 13.2 Å². The molecule has 1 fully saturated rings. The van der Waals surface area contributed by atoms with Gasteiger partial charge in [0.25, 0.3) is 0 Å². The second-order valence-electron chi connectivity index (χ2n) is 4.00. The first kappa shape index (κ1) is 11.0. The van der Waals surface area contributed by atoms with Crippen molar-refractivity contribution in [3.63, 3.8) is 0 Å². The van der Waals surface area contributed by atoms with E-state index in [0.717, 1.165) is 13.0 Å². The minimum absolute atomic E-state index is 0.426. The van der Waals surface area contributed by atoms with Crippen LogP contribution in [0.4, 0.5) is 0 Å². The number of primary amides is 1. The van der Waals surface area contributed by atoms with E-state index in [1.165, 1.54) is 6.42 Å². The van der Waals surface area contributed by atoms with Crippen LogP contribution in [0.5, 0.6) is 5.75 Å². The highest BCUT2D eigenvalue weighted by molar-refractivity contribution is 5.93. The Hall–Kier alpha value is -1.55. The summed E-state index contributed by atoms with van der Waals surface area (Å²) in [5, 5.41) is 3.35. The average Bonchev–Trinajstić information content (AvgIpc) is 2.79. The number of amides is 1. The molecule has 0 spiro atoms. The lowest BCUT2D eigenvalue weighted by Crippen LogP contribution is -2.28. The molecule has 0 aromatic heterocycles. The number of nitrogens with one attached hydrogen (secondary N) is 1. The Kier molecular flexibility index (Phi) is 3.41. The fourth-order valence-electron chi connectivity index (χ4n) is 1.83. The summed E-state index contributed by atoms with van der Waals surface area (Å²) >= 11 is 0. The van der Waals surface area contributed by atoms with Crippen LogP contribution in [-0.4, -0.2) is 25.1 Å². The van der Waals surface area contributed by atoms with Crippen molar-refractivity contribution < 1.29 is 9.53 Å². The SMILES string of the molecule is NC(=O)c1cccc(OCC2CCCN2)c1. The third kappa shape index (κ3) is 2.73. The van der Waals surface area contributed by atoms with Crippen molar-refractivity contribution in [2.45, 2.75) is 18.9 Å². The maximum absolute atomic E-state index is 11.0. The van der Waals surface area contributed by atoms with Crippen LogP contribution in [-0.2, 0) is 0 Å². The average molecular weight is 220 g/mol. The maximum Gasteiger partial charge on any atom is 0.248 e. The molecule has 0 bridgehead atoms. The molecular formula is C12H16N2O2. The zero-order valence-electron chi connectivity index (χ0n) is 9.11. The van der Waals surface area contributed by atoms with E-state index >= 15 is 0 Å². The van der Waals surface area contributed by atoms with Gasteiger partial charge in [0, 0.05) is 11.6 Å². The Labute approximate surface area is 94.8 Å². The summed E-state index contributed by atoms with van der Waals surface area (Å²) in [6.07, 6.45) is 2.35. The monoisotopic (exact) mass is 220 g/mol. The number of carbonyl (C=O) groups is 1. The topological polar surface area (TPSA) is 64.4 Å². The van der Waals surface area contributed by atoms with Gasteiger partial charge in [-0.05, 0) is 37.6 Å². The Morgan fingerprint density at radius 1 is 1.56 bits per heavy atom. The van der Waals surface area contributed by atoms with Crippen molar-refractivity contribution in [3.8, 4) is 5.75 Å². The van der Waals surface area contributed by atoms with Crippen LogP contribution < -0.4 is 15.8 Å². The molecule has 0 aliphatic carbocycles. The second kappa shape index (κ2) is 4.99. The quantitative estimate of drug-likeness (QED) is 0.793. The highest BCUT2D eigenvalue weighted by atomic mass is 16.5. The lowest BCUT2D eigenvalue weighted by molar-refractivity contribution is 0.1000. The van der Waals surface area contributed by atoms with Gasteiger partial charge in [0.05, 0.1) is 0 Å². The molecule has 1 aromatic carbocycles. The molecule has 1 aromatic rings. The highest BCUT2D eigenvalue weighted by Crippen LogP contribution is 2.14. The molecule has 86 valence electrons. The summed E-state index contributed by atoms with van der Waals surface area (Å²) in [5.41, 5.74) is 5.68. The molecule has 16 heavy (non-hydrogen) atoms. The lowest BCUT2D eigenvalue weighted by atomic mass is 10.2. The maximum atomic E-state index is 11.0. The standard InChI is InChI=1S/C12H16N2O2/c13-12(15)9-3-1-5-11(7-9)16-8-10-4-2-6-14-10/h1,3,5,7,10,14H,2,4,6,8H2,(H2,13,15). The van der Waals surface area contributed by atoms with Gasteiger partial charge in [0.1, 0.15) is 12.4 Å². The number of nitrogens with two attached hydrogens (primary N) is 1. The van der Waals surface area contributed by atoms with Crippen molar-refractivity contribution in [1.29, 1.82) is 0 Å². The summed E-state index contributed by atoms with van der Waals surface area (Å²) in [7, 11) is 0. The number of rotatable bonds is 4. The predicted molar refractivity (Wildman–Crippen MR) is 61.5 cm³/mol. The first-order valence-electron chi connectivity index (χ1n) is 5.52. The molecule has 1 aliphatic rings. The van der Waals surface area contributed by atoms with Gasteiger partial charge in [-0.15, -0.1) is 0 Å². The fourth-order valence-corrected chi connectivity index (χ4v) is 1.83. The van der Waals surface area contributed by atoms with Gasteiger partial charge < -0.3 is 15.8 Å². The molecular weight excluding hydrogens is 204 g/mol. The van der Waals surface area contributed by atoms with Crippen LogP contribution in [0.15, 0.2) is 24.3 Å². The van der Waals surface area contributed by atoms with E-state index in [-0.39, 0.29) is 0 Å². The summed E-state index contributed by atoms with van der Waals surface area (Å²) in [5.74, 6) is 0.273.